The standard InChI is InChI=1S/C7H4ClN3O2S/c1-13-7(12)5-3-4(11-14-5)6(8)10-2-9-3/h2H,1H3. The Labute approximate surface area is 87.9 Å². The van der Waals surface area contributed by atoms with Crippen molar-refractivity contribution in [3.05, 3.63) is 16.4 Å². The van der Waals surface area contributed by atoms with Crippen molar-refractivity contribution in [3.63, 3.8) is 0 Å². The van der Waals surface area contributed by atoms with E-state index in [0.29, 0.717) is 15.9 Å². The minimum Gasteiger partial charge on any atom is -0.465 e. The fourth-order valence-electron chi connectivity index (χ4n) is 0.966. The van der Waals surface area contributed by atoms with Crippen molar-refractivity contribution >= 4 is 40.1 Å². The van der Waals surface area contributed by atoms with E-state index in [1.54, 1.807) is 0 Å². The minimum atomic E-state index is -0.465. The molecule has 0 unspecified atom stereocenters. The summed E-state index contributed by atoms with van der Waals surface area (Å²) in [7, 11) is 1.30. The molecule has 0 atom stereocenters. The molecule has 0 amide bonds. The monoisotopic (exact) mass is 229 g/mol. The van der Waals surface area contributed by atoms with Crippen LogP contribution in [0, 0.1) is 0 Å². The molecule has 0 saturated heterocycles. The molecule has 5 nitrogen and oxygen atoms in total. The van der Waals surface area contributed by atoms with E-state index in [2.05, 4.69) is 19.1 Å². The summed E-state index contributed by atoms with van der Waals surface area (Å²) in [6.07, 6.45) is 1.28. The van der Waals surface area contributed by atoms with Crippen LogP contribution in [-0.4, -0.2) is 27.4 Å². The zero-order chi connectivity index (χ0) is 10.1. The van der Waals surface area contributed by atoms with Gasteiger partial charge in [-0.3, -0.25) is 0 Å². The van der Waals surface area contributed by atoms with Crippen LogP contribution in [0.4, 0.5) is 0 Å². The van der Waals surface area contributed by atoms with Crippen LogP contribution in [0.2, 0.25) is 5.15 Å². The van der Waals surface area contributed by atoms with E-state index in [1.165, 1.54) is 13.4 Å². The average molecular weight is 230 g/mol. The second-order valence-electron chi connectivity index (χ2n) is 2.36. The van der Waals surface area contributed by atoms with Crippen molar-refractivity contribution in [1.82, 2.24) is 14.3 Å². The maximum Gasteiger partial charge on any atom is 0.351 e. The maximum atomic E-state index is 11.2. The van der Waals surface area contributed by atoms with Gasteiger partial charge in [-0.05, 0) is 11.5 Å². The number of aromatic nitrogens is 3. The SMILES string of the molecule is COC(=O)c1snc2c(Cl)ncnc12. The van der Waals surface area contributed by atoms with Crippen molar-refractivity contribution in [3.8, 4) is 0 Å². The van der Waals surface area contributed by atoms with Gasteiger partial charge in [0.05, 0.1) is 7.11 Å². The molecular formula is C7H4ClN3O2S. The summed E-state index contributed by atoms with van der Waals surface area (Å²) in [4.78, 5) is 19.3. The first-order valence-electron chi connectivity index (χ1n) is 3.58. The molecule has 0 aliphatic rings. The Hall–Kier alpha value is -1.27. The first kappa shape index (κ1) is 9.29. The van der Waals surface area contributed by atoms with Gasteiger partial charge in [-0.15, -0.1) is 0 Å². The highest BCUT2D eigenvalue weighted by Gasteiger charge is 2.17. The number of nitrogens with zero attached hydrogens (tertiary/aromatic N) is 3. The molecule has 0 spiro atoms. The number of carbonyl (C=O) groups excluding carboxylic acids is 1. The predicted molar refractivity (Wildman–Crippen MR) is 51.6 cm³/mol. The fraction of sp³-hybridized carbons (Fsp3) is 0.143. The Bertz CT molecular complexity index is 499. The quantitative estimate of drug-likeness (QED) is 0.548. The highest BCUT2D eigenvalue weighted by atomic mass is 35.5. The van der Waals surface area contributed by atoms with Gasteiger partial charge in [-0.25, -0.2) is 14.8 Å². The Morgan fingerprint density at radius 3 is 3.00 bits per heavy atom. The molecule has 2 rings (SSSR count). The lowest BCUT2D eigenvalue weighted by molar-refractivity contribution is 0.0608. The lowest BCUT2D eigenvalue weighted by Gasteiger charge is -1.93. The van der Waals surface area contributed by atoms with Crippen molar-refractivity contribution in [2.75, 3.05) is 7.11 Å². The topological polar surface area (TPSA) is 65.0 Å². The first-order valence-corrected chi connectivity index (χ1v) is 4.73. The van der Waals surface area contributed by atoms with Gasteiger partial charge in [-0.2, -0.15) is 4.37 Å². The van der Waals surface area contributed by atoms with E-state index in [4.69, 9.17) is 11.6 Å². The summed E-state index contributed by atoms with van der Waals surface area (Å²) in [5.41, 5.74) is 0.862. The number of carbonyl (C=O) groups is 1. The van der Waals surface area contributed by atoms with E-state index in [1.807, 2.05) is 0 Å². The van der Waals surface area contributed by atoms with Gasteiger partial charge in [0.1, 0.15) is 17.4 Å². The number of rotatable bonds is 1. The van der Waals surface area contributed by atoms with Crippen LogP contribution in [0.5, 0.6) is 0 Å². The van der Waals surface area contributed by atoms with Crippen molar-refractivity contribution in [1.29, 1.82) is 0 Å². The second kappa shape index (κ2) is 3.47. The molecule has 0 saturated carbocycles. The van der Waals surface area contributed by atoms with Crippen LogP contribution in [0.15, 0.2) is 6.33 Å². The van der Waals surface area contributed by atoms with Gasteiger partial charge < -0.3 is 4.74 Å². The molecule has 0 aliphatic carbocycles. The number of hydrogen-bond donors (Lipinski definition) is 0. The fourth-order valence-corrected chi connectivity index (χ4v) is 1.94. The van der Waals surface area contributed by atoms with Crippen LogP contribution >= 0.6 is 23.1 Å². The van der Waals surface area contributed by atoms with Gasteiger partial charge in [0.15, 0.2) is 10.0 Å². The molecule has 0 radical (unpaired) electrons. The number of halogens is 1. The summed E-state index contributed by atoms with van der Waals surface area (Å²) in [5.74, 6) is -0.465. The third kappa shape index (κ3) is 1.32. The molecule has 7 heteroatoms. The molecule has 2 aromatic rings. The molecule has 0 bridgehead atoms. The van der Waals surface area contributed by atoms with Crippen LogP contribution in [-0.2, 0) is 4.74 Å². The summed E-state index contributed by atoms with van der Waals surface area (Å²) >= 11 is 6.76. The molecule has 2 aromatic heterocycles. The third-order valence-electron chi connectivity index (χ3n) is 1.59. The van der Waals surface area contributed by atoms with Crippen LogP contribution in [0.3, 0.4) is 0 Å². The van der Waals surface area contributed by atoms with Gasteiger partial charge in [0.25, 0.3) is 0 Å². The Kier molecular flexibility index (Phi) is 2.30. The van der Waals surface area contributed by atoms with Crippen LogP contribution in [0.1, 0.15) is 9.67 Å². The van der Waals surface area contributed by atoms with Gasteiger partial charge in [0, 0.05) is 0 Å². The van der Waals surface area contributed by atoms with Gasteiger partial charge >= 0.3 is 5.97 Å². The lowest BCUT2D eigenvalue weighted by atomic mass is 10.4. The largest absolute Gasteiger partial charge is 0.465 e. The number of fused-ring (bicyclic) bond motifs is 1. The first-order chi connectivity index (χ1) is 6.74. The minimum absolute atomic E-state index is 0.237. The molecule has 2 heterocycles. The second-order valence-corrected chi connectivity index (χ2v) is 3.50. The van der Waals surface area contributed by atoms with E-state index >= 15 is 0 Å². The number of hydrogen-bond acceptors (Lipinski definition) is 6. The van der Waals surface area contributed by atoms with Crippen molar-refractivity contribution in [2.45, 2.75) is 0 Å². The average Bonchev–Trinajstić information content (AvgIpc) is 2.62. The molecule has 0 aromatic carbocycles. The van der Waals surface area contributed by atoms with Crippen LogP contribution in [0.25, 0.3) is 11.0 Å². The molecule has 0 aliphatic heterocycles. The van der Waals surface area contributed by atoms with E-state index in [0.717, 1.165) is 11.5 Å². The Balaban J connectivity index is 2.70. The third-order valence-corrected chi connectivity index (χ3v) is 2.68. The smallest absolute Gasteiger partial charge is 0.351 e. The van der Waals surface area contributed by atoms with Crippen molar-refractivity contribution in [2.24, 2.45) is 0 Å². The normalized spacial score (nSPS) is 10.4. The highest BCUT2D eigenvalue weighted by molar-refractivity contribution is 7.09. The number of esters is 1. The van der Waals surface area contributed by atoms with E-state index in [-0.39, 0.29) is 5.15 Å². The summed E-state index contributed by atoms with van der Waals surface area (Å²) in [6, 6.07) is 0. The van der Waals surface area contributed by atoms with E-state index in [9.17, 15) is 4.79 Å². The maximum absolute atomic E-state index is 11.2. The number of ether oxygens (including phenoxy) is 1. The number of methoxy groups -OCH3 is 1. The zero-order valence-electron chi connectivity index (χ0n) is 7.02. The zero-order valence-corrected chi connectivity index (χ0v) is 8.59. The van der Waals surface area contributed by atoms with Crippen LogP contribution < -0.4 is 0 Å². The van der Waals surface area contributed by atoms with E-state index < -0.39 is 5.97 Å². The van der Waals surface area contributed by atoms with Gasteiger partial charge in [0.2, 0.25) is 0 Å². The van der Waals surface area contributed by atoms with Gasteiger partial charge in [-0.1, -0.05) is 11.6 Å². The lowest BCUT2D eigenvalue weighted by Crippen LogP contribution is -1.99. The summed E-state index contributed by atoms with van der Waals surface area (Å²) < 4.78 is 8.54. The summed E-state index contributed by atoms with van der Waals surface area (Å²) in [6.45, 7) is 0. The Morgan fingerprint density at radius 1 is 1.50 bits per heavy atom. The Morgan fingerprint density at radius 2 is 2.29 bits per heavy atom. The molecule has 0 fully saturated rings. The molecule has 14 heavy (non-hydrogen) atoms. The van der Waals surface area contributed by atoms with Crippen molar-refractivity contribution < 1.29 is 9.53 Å². The predicted octanol–water partition coefficient (Wildman–Crippen LogP) is 1.53. The highest BCUT2D eigenvalue weighted by Crippen LogP contribution is 2.24. The molecular weight excluding hydrogens is 226 g/mol. The molecule has 72 valence electrons. The summed E-state index contributed by atoms with van der Waals surface area (Å²) in [5, 5.41) is 0.237. The molecule has 0 N–H and O–H groups in total.